The molecule has 5 rings (SSSR count). The molecule has 0 radical (unpaired) electrons. The van der Waals surface area contributed by atoms with Gasteiger partial charge < -0.3 is 10.4 Å². The summed E-state index contributed by atoms with van der Waals surface area (Å²) in [6.07, 6.45) is -6.81. The molecule has 0 saturated carbocycles. The van der Waals surface area contributed by atoms with Crippen molar-refractivity contribution in [2.75, 3.05) is 17.8 Å². The Balaban J connectivity index is 1.20. The van der Waals surface area contributed by atoms with Crippen molar-refractivity contribution in [1.29, 1.82) is 0 Å². The fourth-order valence-electron chi connectivity index (χ4n) is 4.60. The normalized spacial score (nSPS) is 13.0. The number of sulfonamides is 1. The predicted octanol–water partition coefficient (Wildman–Crippen LogP) is 7.58. The highest BCUT2D eigenvalue weighted by Gasteiger charge is 2.38. The van der Waals surface area contributed by atoms with E-state index in [-0.39, 0.29) is 21.7 Å². The van der Waals surface area contributed by atoms with Gasteiger partial charge in [0, 0.05) is 46.7 Å². The third-order valence-electron chi connectivity index (χ3n) is 7.05. The van der Waals surface area contributed by atoms with Crippen LogP contribution in [-0.4, -0.2) is 36.6 Å². The van der Waals surface area contributed by atoms with Gasteiger partial charge in [-0.2, -0.15) is 26.3 Å². The van der Waals surface area contributed by atoms with E-state index >= 15 is 0 Å². The summed E-state index contributed by atoms with van der Waals surface area (Å²) in [5, 5.41) is 14.9. The first-order valence-corrected chi connectivity index (χ1v) is 16.3. The van der Waals surface area contributed by atoms with Crippen molar-refractivity contribution in [3.05, 3.63) is 119 Å². The summed E-state index contributed by atoms with van der Waals surface area (Å²) in [6.45, 7) is 0.938. The van der Waals surface area contributed by atoms with Gasteiger partial charge >= 0.3 is 12.4 Å². The molecular formula is C32H26F6N4O3S2. The van der Waals surface area contributed by atoms with E-state index in [1.165, 1.54) is 29.6 Å². The molecule has 47 heavy (non-hydrogen) atoms. The number of aliphatic hydroxyl groups is 1. The Bertz CT molecular complexity index is 1910. The minimum Gasteiger partial charge on any atom is -0.387 e. The highest BCUT2D eigenvalue weighted by molar-refractivity contribution is 7.92. The Morgan fingerprint density at radius 1 is 0.894 bits per heavy atom. The predicted molar refractivity (Wildman–Crippen MR) is 166 cm³/mol. The lowest BCUT2D eigenvalue weighted by atomic mass is 10.0. The topological polar surface area (TPSA) is 104 Å². The summed E-state index contributed by atoms with van der Waals surface area (Å²) < 4.78 is 109. The summed E-state index contributed by atoms with van der Waals surface area (Å²) in [6, 6.07) is 17.2. The number of halogens is 6. The highest BCUT2D eigenvalue weighted by atomic mass is 32.2. The summed E-state index contributed by atoms with van der Waals surface area (Å²) in [5.74, 6) is 0. The molecule has 0 bridgehead atoms. The summed E-state index contributed by atoms with van der Waals surface area (Å²) >= 11 is 0.966. The number of rotatable bonds is 11. The second-order valence-electron chi connectivity index (χ2n) is 10.4. The van der Waals surface area contributed by atoms with Crippen LogP contribution in [0.5, 0.6) is 0 Å². The minimum absolute atomic E-state index is 0.0599. The van der Waals surface area contributed by atoms with Gasteiger partial charge in [0.25, 0.3) is 10.0 Å². The van der Waals surface area contributed by atoms with Gasteiger partial charge in [0.2, 0.25) is 0 Å². The largest absolute Gasteiger partial charge is 0.417 e. The fourth-order valence-corrected chi connectivity index (χ4v) is 6.49. The molecule has 5 aromatic rings. The number of benzene rings is 3. The molecule has 0 spiro atoms. The van der Waals surface area contributed by atoms with Crippen LogP contribution in [0.3, 0.4) is 0 Å². The zero-order valence-electron chi connectivity index (χ0n) is 24.2. The van der Waals surface area contributed by atoms with Crippen molar-refractivity contribution in [2.24, 2.45) is 0 Å². The molecular weight excluding hydrogens is 666 g/mol. The van der Waals surface area contributed by atoms with Crippen LogP contribution in [0.1, 0.15) is 28.4 Å². The summed E-state index contributed by atoms with van der Waals surface area (Å²) in [5.41, 5.74) is -1.15. The number of nitrogens with zero attached hydrogens (tertiary/aromatic N) is 2. The average molecular weight is 693 g/mol. The molecule has 15 heteroatoms. The molecule has 1 atom stereocenters. The van der Waals surface area contributed by atoms with E-state index in [0.717, 1.165) is 23.0 Å². The number of alkyl halides is 6. The molecule has 2 heterocycles. The van der Waals surface area contributed by atoms with Crippen LogP contribution in [0.4, 0.5) is 32.0 Å². The lowest BCUT2D eigenvalue weighted by molar-refractivity contribution is -0.142. The van der Waals surface area contributed by atoms with E-state index < -0.39 is 45.2 Å². The third kappa shape index (κ3) is 8.54. The summed E-state index contributed by atoms with van der Waals surface area (Å²) in [4.78, 5) is 8.10. The summed E-state index contributed by atoms with van der Waals surface area (Å²) in [7, 11) is -3.99. The molecule has 0 fully saturated rings. The number of nitrogens with one attached hydrogen (secondary N) is 2. The van der Waals surface area contributed by atoms with Crippen LogP contribution in [0, 0.1) is 0 Å². The molecule has 1 unspecified atom stereocenters. The first-order chi connectivity index (χ1) is 22.2. The number of thiazole rings is 1. The van der Waals surface area contributed by atoms with Crippen LogP contribution in [0.25, 0.3) is 21.8 Å². The van der Waals surface area contributed by atoms with Gasteiger partial charge in [-0.25, -0.2) is 13.4 Å². The molecule has 0 saturated heterocycles. The molecule has 0 amide bonds. The van der Waals surface area contributed by atoms with Crippen molar-refractivity contribution in [3.63, 3.8) is 0 Å². The van der Waals surface area contributed by atoms with Gasteiger partial charge in [0.05, 0.1) is 27.8 Å². The SMILES string of the molecule is O=S(=O)(Nc1ccc(CCNCC(O)c2cccnc2)cc1)c1ccc(-c2nc(-c3ccc(C(F)(F)F)cc3C(F)(F)F)cs2)cc1. The Morgan fingerprint density at radius 2 is 1.62 bits per heavy atom. The molecule has 2 aromatic heterocycles. The van der Waals surface area contributed by atoms with Crippen LogP contribution in [0.2, 0.25) is 0 Å². The number of hydrogen-bond acceptors (Lipinski definition) is 7. The number of aliphatic hydroxyl groups excluding tert-OH is 1. The standard InChI is InChI=1S/C32H26F6N4O3S2/c33-31(34,35)23-7-12-26(27(16-23)32(36,37)38)28-19-46-30(41-28)21-5-10-25(11-6-21)47(44,45)42-24-8-3-20(4-9-24)13-15-40-18-29(43)22-2-1-14-39-17-22/h1-12,14,16-17,19,29,40,42-43H,13,15,18H2. The number of hydrogen-bond donors (Lipinski definition) is 3. The first-order valence-electron chi connectivity index (χ1n) is 14.0. The van der Waals surface area contributed by atoms with Crippen LogP contribution in [-0.2, 0) is 28.8 Å². The van der Waals surface area contributed by atoms with Crippen LogP contribution >= 0.6 is 11.3 Å². The van der Waals surface area contributed by atoms with E-state index in [0.29, 0.717) is 42.4 Å². The number of anilines is 1. The van der Waals surface area contributed by atoms with E-state index in [1.54, 1.807) is 48.8 Å². The Kier molecular flexibility index (Phi) is 10.0. The van der Waals surface area contributed by atoms with Gasteiger partial charge in [-0.15, -0.1) is 11.3 Å². The van der Waals surface area contributed by atoms with Gasteiger partial charge in [0.1, 0.15) is 5.01 Å². The quantitative estimate of drug-likeness (QED) is 0.0975. The first kappa shape index (κ1) is 34.0. The molecule has 246 valence electrons. The van der Waals surface area contributed by atoms with E-state index in [4.69, 9.17) is 0 Å². The Labute approximate surface area is 270 Å². The number of pyridine rings is 1. The van der Waals surface area contributed by atoms with Crippen molar-refractivity contribution < 1.29 is 39.9 Å². The minimum atomic E-state index is -5.05. The van der Waals surface area contributed by atoms with Crippen molar-refractivity contribution in [3.8, 4) is 21.8 Å². The van der Waals surface area contributed by atoms with Crippen molar-refractivity contribution in [1.82, 2.24) is 15.3 Å². The number of aromatic nitrogens is 2. The smallest absolute Gasteiger partial charge is 0.387 e. The zero-order valence-corrected chi connectivity index (χ0v) is 25.8. The van der Waals surface area contributed by atoms with Crippen molar-refractivity contribution in [2.45, 2.75) is 29.8 Å². The maximum absolute atomic E-state index is 13.6. The zero-order chi connectivity index (χ0) is 33.8. The molecule has 0 aliphatic carbocycles. The fraction of sp³-hybridized carbons (Fsp3) is 0.188. The maximum Gasteiger partial charge on any atom is 0.417 e. The molecule has 0 aliphatic rings. The van der Waals surface area contributed by atoms with E-state index in [9.17, 15) is 39.9 Å². The van der Waals surface area contributed by atoms with Gasteiger partial charge in [0.15, 0.2) is 0 Å². The van der Waals surface area contributed by atoms with Crippen LogP contribution in [0.15, 0.2) is 102 Å². The Hall–Kier alpha value is -4.31. The maximum atomic E-state index is 13.6. The van der Waals surface area contributed by atoms with Gasteiger partial charge in [-0.1, -0.05) is 36.4 Å². The van der Waals surface area contributed by atoms with E-state index in [2.05, 4.69) is 20.0 Å². The second kappa shape index (κ2) is 13.8. The van der Waals surface area contributed by atoms with Crippen molar-refractivity contribution >= 4 is 27.0 Å². The lowest BCUT2D eigenvalue weighted by Gasteiger charge is -2.14. The Morgan fingerprint density at radius 3 is 2.26 bits per heavy atom. The molecule has 3 aromatic carbocycles. The average Bonchev–Trinajstić information content (AvgIpc) is 3.53. The van der Waals surface area contributed by atoms with Crippen LogP contribution < -0.4 is 10.0 Å². The third-order valence-corrected chi connectivity index (χ3v) is 9.34. The highest BCUT2D eigenvalue weighted by Crippen LogP contribution is 2.42. The second-order valence-corrected chi connectivity index (χ2v) is 12.9. The molecule has 7 nitrogen and oxygen atoms in total. The van der Waals surface area contributed by atoms with Gasteiger partial charge in [-0.05, 0) is 61.0 Å². The van der Waals surface area contributed by atoms with E-state index in [1.807, 2.05) is 0 Å². The van der Waals surface area contributed by atoms with Gasteiger partial charge in [-0.3, -0.25) is 9.71 Å². The molecule has 0 aliphatic heterocycles. The molecule has 3 N–H and O–H groups in total. The lowest BCUT2D eigenvalue weighted by Crippen LogP contribution is -2.23. The monoisotopic (exact) mass is 692 g/mol.